The van der Waals surface area contributed by atoms with Crippen LogP contribution in [0.5, 0.6) is 0 Å². The van der Waals surface area contributed by atoms with Crippen LogP contribution in [0.25, 0.3) is 0 Å². The quantitative estimate of drug-likeness (QED) is 0.843. The molecule has 0 unspecified atom stereocenters. The van der Waals surface area contributed by atoms with Gasteiger partial charge < -0.3 is 5.73 Å². The molecule has 0 amide bonds. The van der Waals surface area contributed by atoms with Gasteiger partial charge in [0, 0.05) is 18.1 Å². The van der Waals surface area contributed by atoms with Crippen LogP contribution in [-0.2, 0) is 20.0 Å². The second kappa shape index (κ2) is 7.97. The molecule has 0 saturated heterocycles. The molecule has 18 heavy (non-hydrogen) atoms. The first-order valence-electron chi connectivity index (χ1n) is 4.93. The molecule has 0 saturated carbocycles. The highest BCUT2D eigenvalue weighted by molar-refractivity contribution is 5.64. The highest BCUT2D eigenvalue weighted by Gasteiger charge is 2.15. The molecule has 0 aromatic heterocycles. The second-order valence-corrected chi connectivity index (χ2v) is 3.20. The van der Waals surface area contributed by atoms with Crippen molar-refractivity contribution in [3.63, 3.8) is 0 Å². The van der Waals surface area contributed by atoms with Crippen molar-refractivity contribution in [3.8, 4) is 12.1 Å². The molecule has 0 fully saturated rings. The maximum absolute atomic E-state index is 12.6. The summed E-state index contributed by atoms with van der Waals surface area (Å²) in [5, 5.41) is 16.0. The van der Waals surface area contributed by atoms with E-state index in [1.165, 1.54) is 6.92 Å². The molecule has 96 valence electrons. The number of benzene rings is 1. The molecule has 2 N–H and O–H groups in total. The van der Waals surface area contributed by atoms with Gasteiger partial charge in [-0.3, -0.25) is 0 Å². The Morgan fingerprint density at radius 2 is 1.61 bits per heavy atom. The lowest BCUT2D eigenvalue weighted by Gasteiger charge is -2.11. The third-order valence-electron chi connectivity index (χ3n) is 2.19. The zero-order valence-electron chi connectivity index (χ0n) is 9.80. The molecule has 0 radical (unpaired) electrons. The lowest BCUT2D eigenvalue weighted by Crippen LogP contribution is -2.04. The van der Waals surface area contributed by atoms with E-state index in [1.807, 2.05) is 0 Å². The van der Waals surface area contributed by atoms with Gasteiger partial charge in [-0.05, 0) is 11.6 Å². The van der Waals surface area contributed by atoms with Crippen LogP contribution >= 0.6 is 0 Å². The number of nitrogen functional groups attached to an aromatic ring is 1. The summed E-state index contributed by atoms with van der Waals surface area (Å²) in [7, 11) is 0. The first kappa shape index (κ1) is 15.8. The molecule has 1 aromatic carbocycles. The number of hydrogen-bond donors (Lipinski definition) is 1. The zero-order chi connectivity index (χ0) is 14.1. The first-order chi connectivity index (χ1) is 8.60. The predicted molar refractivity (Wildman–Crippen MR) is 61.3 cm³/mol. The zero-order valence-corrected chi connectivity index (χ0v) is 9.80. The van der Waals surface area contributed by atoms with E-state index >= 15 is 0 Å². The van der Waals surface area contributed by atoms with Crippen molar-refractivity contribution in [1.82, 2.24) is 0 Å². The van der Waals surface area contributed by atoms with Crippen LogP contribution < -0.4 is 5.73 Å². The van der Waals surface area contributed by atoms with Crippen LogP contribution in [-0.4, -0.2) is 0 Å². The van der Waals surface area contributed by atoms with E-state index < -0.39 is 20.0 Å². The minimum atomic E-state index is -0.987. The van der Waals surface area contributed by atoms with E-state index in [1.54, 1.807) is 12.1 Å². The Morgan fingerprint density at radius 3 is 1.94 bits per heavy atom. The van der Waals surface area contributed by atoms with Gasteiger partial charge in [-0.25, -0.2) is 13.2 Å². The Morgan fingerprint density at radius 1 is 1.11 bits per heavy atom. The fraction of sp³-hybridized carbons (Fsp3) is 0.333. The number of halogens is 3. The summed E-state index contributed by atoms with van der Waals surface area (Å²) in [4.78, 5) is 0. The molecular formula is C12H12F3N3. The van der Waals surface area contributed by atoms with E-state index in [0.29, 0.717) is 0 Å². The monoisotopic (exact) mass is 255 g/mol. The maximum Gasteiger partial charge on any atom is 0.117 e. The topological polar surface area (TPSA) is 73.6 Å². The van der Waals surface area contributed by atoms with Crippen LogP contribution in [0.4, 0.5) is 18.9 Å². The van der Waals surface area contributed by atoms with Gasteiger partial charge in [0.2, 0.25) is 0 Å². The molecule has 0 aliphatic rings. The molecule has 0 heterocycles. The van der Waals surface area contributed by atoms with Crippen molar-refractivity contribution in [2.45, 2.75) is 26.9 Å². The van der Waals surface area contributed by atoms with Gasteiger partial charge in [0.05, 0.1) is 17.3 Å². The molecule has 3 nitrogen and oxygen atoms in total. The number of hydrogen-bond acceptors (Lipinski definition) is 3. The van der Waals surface area contributed by atoms with E-state index in [4.69, 9.17) is 16.3 Å². The molecule has 1 rings (SSSR count). The van der Waals surface area contributed by atoms with E-state index in [-0.39, 0.29) is 27.9 Å². The highest BCUT2D eigenvalue weighted by atomic mass is 19.1. The summed E-state index contributed by atoms with van der Waals surface area (Å²) in [6.45, 7) is -1.40. The minimum Gasteiger partial charge on any atom is -0.397 e. The number of nitrogens with zero attached hydrogens (tertiary/aromatic N) is 2. The summed E-state index contributed by atoms with van der Waals surface area (Å²) in [5.41, 5.74) is 5.10. The van der Waals surface area contributed by atoms with Crippen molar-refractivity contribution < 1.29 is 13.2 Å². The Balaban J connectivity index is 0.000000873. The van der Waals surface area contributed by atoms with Gasteiger partial charge in [0.25, 0.3) is 0 Å². The van der Waals surface area contributed by atoms with Gasteiger partial charge in [0.15, 0.2) is 0 Å². The molecule has 1 aromatic rings. The van der Waals surface area contributed by atoms with Crippen molar-refractivity contribution in [2.75, 3.05) is 5.73 Å². The largest absolute Gasteiger partial charge is 0.397 e. The average Bonchev–Trinajstić information content (AvgIpc) is 2.38. The normalized spacial score (nSPS) is 8.78. The van der Waals surface area contributed by atoms with Gasteiger partial charge in [0.1, 0.15) is 26.1 Å². The SMILES string of the molecule is CC#N.N#Cc1c(N)c(CF)cc(CF)c1CF. The van der Waals surface area contributed by atoms with Crippen LogP contribution in [0.15, 0.2) is 6.07 Å². The summed E-state index contributed by atoms with van der Waals surface area (Å²) in [6, 6.07) is 4.57. The summed E-state index contributed by atoms with van der Waals surface area (Å²) in [5.74, 6) is 0. The van der Waals surface area contributed by atoms with E-state index in [9.17, 15) is 13.2 Å². The molecule has 0 aliphatic carbocycles. The number of nitrogens with two attached hydrogens (primary N) is 1. The number of nitriles is 2. The Hall–Kier alpha value is -2.21. The Bertz CT molecular complexity index is 487. The average molecular weight is 255 g/mol. The molecule has 0 atom stereocenters. The van der Waals surface area contributed by atoms with Gasteiger partial charge in [-0.15, -0.1) is 0 Å². The Labute approximate surface area is 103 Å². The fourth-order valence-corrected chi connectivity index (χ4v) is 1.37. The van der Waals surface area contributed by atoms with Crippen molar-refractivity contribution in [1.29, 1.82) is 10.5 Å². The van der Waals surface area contributed by atoms with Crippen LogP contribution in [0.3, 0.4) is 0 Å². The predicted octanol–water partition coefficient (Wildman–Crippen LogP) is 3.08. The minimum absolute atomic E-state index is 0.0177. The third-order valence-corrected chi connectivity index (χ3v) is 2.19. The molecule has 0 aliphatic heterocycles. The number of alkyl halides is 3. The number of rotatable bonds is 3. The second-order valence-electron chi connectivity index (χ2n) is 3.20. The molecular weight excluding hydrogens is 243 g/mol. The van der Waals surface area contributed by atoms with E-state index in [0.717, 1.165) is 6.07 Å². The van der Waals surface area contributed by atoms with E-state index in [2.05, 4.69) is 0 Å². The maximum atomic E-state index is 12.6. The van der Waals surface area contributed by atoms with Gasteiger partial charge in [-0.2, -0.15) is 10.5 Å². The first-order valence-corrected chi connectivity index (χ1v) is 4.93. The molecule has 0 spiro atoms. The summed E-state index contributed by atoms with van der Waals surface area (Å²) >= 11 is 0. The Kier molecular flexibility index (Phi) is 6.99. The van der Waals surface area contributed by atoms with Gasteiger partial charge in [-0.1, -0.05) is 0 Å². The van der Waals surface area contributed by atoms with Crippen molar-refractivity contribution in [3.05, 3.63) is 28.3 Å². The smallest absolute Gasteiger partial charge is 0.117 e. The lowest BCUT2D eigenvalue weighted by atomic mass is 9.97. The van der Waals surface area contributed by atoms with Crippen LogP contribution in [0.1, 0.15) is 29.2 Å². The van der Waals surface area contributed by atoms with Crippen molar-refractivity contribution in [2.24, 2.45) is 0 Å². The molecule has 0 bridgehead atoms. The highest BCUT2D eigenvalue weighted by Crippen LogP contribution is 2.27. The summed E-state index contributed by atoms with van der Waals surface area (Å²) < 4.78 is 37.5. The van der Waals surface area contributed by atoms with Crippen molar-refractivity contribution >= 4 is 5.69 Å². The lowest BCUT2D eigenvalue weighted by molar-refractivity contribution is 0.450. The van der Waals surface area contributed by atoms with Crippen LogP contribution in [0, 0.1) is 22.7 Å². The third kappa shape index (κ3) is 3.39. The van der Waals surface area contributed by atoms with Crippen LogP contribution in [0.2, 0.25) is 0 Å². The van der Waals surface area contributed by atoms with Gasteiger partial charge >= 0.3 is 0 Å². The number of anilines is 1. The summed E-state index contributed by atoms with van der Waals surface area (Å²) in [6.07, 6.45) is 0. The molecule has 6 heteroatoms. The standard InChI is InChI=1S/C10H9F3N2.C2H3N/c11-2-6-1-7(3-12)10(15)9(5-14)8(6)4-13;1-2-3/h1H,2-4,15H2;1H3. The fourth-order valence-electron chi connectivity index (χ4n) is 1.37.